The molecule has 0 saturated carbocycles. The van der Waals surface area contributed by atoms with Gasteiger partial charge in [0.05, 0.1) is 12.7 Å². The number of fused-ring (bicyclic) bond motifs is 1. The Kier molecular flexibility index (Phi) is 4.93. The molecular weight excluding hydrogens is 336 g/mol. The quantitative estimate of drug-likeness (QED) is 0.593. The van der Waals surface area contributed by atoms with Crippen LogP contribution in [-0.4, -0.2) is 13.1 Å². The highest BCUT2D eigenvalue weighted by Gasteiger charge is 2.23. The van der Waals surface area contributed by atoms with E-state index in [2.05, 4.69) is 36.4 Å². The van der Waals surface area contributed by atoms with E-state index in [4.69, 9.17) is 9.47 Å². The molecule has 1 aliphatic carbocycles. The SMILES string of the molecule is COC(=O)c1ccccc1COc1ccc(C2CCc3ccccc32)cc1. The molecule has 0 heterocycles. The van der Waals surface area contributed by atoms with Crippen LogP contribution in [0.25, 0.3) is 0 Å². The van der Waals surface area contributed by atoms with Gasteiger partial charge in [-0.2, -0.15) is 0 Å². The molecule has 27 heavy (non-hydrogen) atoms. The van der Waals surface area contributed by atoms with E-state index in [1.165, 1.54) is 23.8 Å². The molecule has 0 fully saturated rings. The molecule has 0 N–H and O–H groups in total. The molecule has 3 aromatic carbocycles. The third-order valence-corrected chi connectivity index (χ3v) is 5.23. The second-order valence-electron chi connectivity index (χ2n) is 6.80. The maximum absolute atomic E-state index is 11.9. The zero-order valence-corrected chi connectivity index (χ0v) is 15.4. The number of esters is 1. The van der Waals surface area contributed by atoms with Crippen LogP contribution < -0.4 is 4.74 Å². The van der Waals surface area contributed by atoms with Gasteiger partial charge in [-0.3, -0.25) is 0 Å². The molecule has 3 aromatic rings. The van der Waals surface area contributed by atoms with Gasteiger partial charge in [-0.25, -0.2) is 4.79 Å². The number of benzene rings is 3. The summed E-state index contributed by atoms with van der Waals surface area (Å²) in [6.45, 7) is 0.330. The van der Waals surface area contributed by atoms with Crippen molar-refractivity contribution in [3.8, 4) is 5.75 Å². The maximum Gasteiger partial charge on any atom is 0.338 e. The second kappa shape index (κ2) is 7.67. The van der Waals surface area contributed by atoms with Crippen LogP contribution in [0.5, 0.6) is 5.75 Å². The lowest BCUT2D eigenvalue weighted by molar-refractivity contribution is 0.0597. The molecule has 0 radical (unpaired) electrons. The Hall–Kier alpha value is -3.07. The standard InChI is InChI=1S/C24H22O3/c1-26-24(25)23-9-5-3-7-19(23)16-27-20-13-10-18(11-14-20)22-15-12-17-6-2-4-8-21(17)22/h2-11,13-14,22H,12,15-16H2,1H3. The number of carbonyl (C=O) groups is 1. The lowest BCUT2D eigenvalue weighted by Gasteiger charge is -2.14. The molecule has 3 nitrogen and oxygen atoms in total. The summed E-state index contributed by atoms with van der Waals surface area (Å²) in [4.78, 5) is 11.9. The molecule has 3 heteroatoms. The summed E-state index contributed by atoms with van der Waals surface area (Å²) in [6.07, 6.45) is 2.30. The minimum Gasteiger partial charge on any atom is -0.489 e. The van der Waals surface area contributed by atoms with Crippen LogP contribution >= 0.6 is 0 Å². The number of aryl methyl sites for hydroxylation is 1. The molecule has 0 bridgehead atoms. The van der Waals surface area contributed by atoms with E-state index in [0.717, 1.165) is 24.2 Å². The van der Waals surface area contributed by atoms with Gasteiger partial charge in [-0.05, 0) is 47.7 Å². The fraction of sp³-hybridized carbons (Fsp3) is 0.208. The van der Waals surface area contributed by atoms with Crippen LogP contribution in [0.4, 0.5) is 0 Å². The summed E-state index contributed by atoms with van der Waals surface area (Å²) < 4.78 is 10.7. The van der Waals surface area contributed by atoms with E-state index in [9.17, 15) is 4.79 Å². The molecule has 136 valence electrons. The van der Waals surface area contributed by atoms with E-state index in [-0.39, 0.29) is 5.97 Å². The third-order valence-electron chi connectivity index (χ3n) is 5.23. The van der Waals surface area contributed by atoms with Crippen molar-refractivity contribution in [3.63, 3.8) is 0 Å². The van der Waals surface area contributed by atoms with Crippen molar-refractivity contribution in [2.24, 2.45) is 0 Å². The van der Waals surface area contributed by atoms with Crippen molar-refractivity contribution >= 4 is 5.97 Å². The van der Waals surface area contributed by atoms with E-state index in [1.54, 1.807) is 6.07 Å². The normalized spacial score (nSPS) is 15.2. The number of rotatable bonds is 5. The number of ether oxygens (including phenoxy) is 2. The van der Waals surface area contributed by atoms with Crippen LogP contribution in [0, 0.1) is 0 Å². The fourth-order valence-corrected chi connectivity index (χ4v) is 3.82. The van der Waals surface area contributed by atoms with Gasteiger partial charge in [-0.1, -0.05) is 54.6 Å². The fourth-order valence-electron chi connectivity index (χ4n) is 3.82. The minimum absolute atomic E-state index is 0.330. The van der Waals surface area contributed by atoms with Gasteiger partial charge < -0.3 is 9.47 Å². The predicted molar refractivity (Wildman–Crippen MR) is 105 cm³/mol. The second-order valence-corrected chi connectivity index (χ2v) is 6.80. The Morgan fingerprint density at radius 2 is 1.70 bits per heavy atom. The lowest BCUT2D eigenvalue weighted by atomic mass is 9.93. The van der Waals surface area contributed by atoms with Crippen molar-refractivity contribution < 1.29 is 14.3 Å². The Labute approximate surface area is 159 Å². The number of hydrogen-bond donors (Lipinski definition) is 0. The molecule has 4 rings (SSSR count). The van der Waals surface area contributed by atoms with Gasteiger partial charge >= 0.3 is 5.97 Å². The Balaban J connectivity index is 1.46. The van der Waals surface area contributed by atoms with Gasteiger partial charge in [0.2, 0.25) is 0 Å². The van der Waals surface area contributed by atoms with Crippen LogP contribution in [0.1, 0.15) is 45.0 Å². The van der Waals surface area contributed by atoms with E-state index < -0.39 is 0 Å². The number of carbonyl (C=O) groups excluding carboxylic acids is 1. The number of hydrogen-bond acceptors (Lipinski definition) is 3. The van der Waals surface area contributed by atoms with E-state index in [1.807, 2.05) is 30.3 Å². The molecule has 1 atom stereocenters. The molecular formula is C24H22O3. The van der Waals surface area contributed by atoms with E-state index in [0.29, 0.717) is 18.1 Å². The largest absolute Gasteiger partial charge is 0.489 e. The van der Waals surface area contributed by atoms with Crippen molar-refractivity contribution in [1.82, 2.24) is 0 Å². The van der Waals surface area contributed by atoms with Gasteiger partial charge in [0, 0.05) is 11.5 Å². The Morgan fingerprint density at radius 1 is 0.963 bits per heavy atom. The van der Waals surface area contributed by atoms with Crippen LogP contribution in [0.2, 0.25) is 0 Å². The lowest BCUT2D eigenvalue weighted by Crippen LogP contribution is -2.07. The summed E-state index contributed by atoms with van der Waals surface area (Å²) >= 11 is 0. The molecule has 0 saturated heterocycles. The van der Waals surface area contributed by atoms with Crippen LogP contribution in [0.3, 0.4) is 0 Å². The first-order valence-corrected chi connectivity index (χ1v) is 9.23. The summed E-state index contributed by atoms with van der Waals surface area (Å²) in [6, 6.07) is 24.4. The average Bonchev–Trinajstić information content (AvgIpc) is 3.16. The van der Waals surface area contributed by atoms with Gasteiger partial charge in [0.1, 0.15) is 12.4 Å². The highest BCUT2D eigenvalue weighted by atomic mass is 16.5. The van der Waals surface area contributed by atoms with Crippen molar-refractivity contribution in [2.75, 3.05) is 7.11 Å². The molecule has 0 aromatic heterocycles. The van der Waals surface area contributed by atoms with E-state index >= 15 is 0 Å². The number of methoxy groups -OCH3 is 1. The van der Waals surface area contributed by atoms with Gasteiger partial charge in [0.25, 0.3) is 0 Å². The first-order chi connectivity index (χ1) is 13.3. The summed E-state index contributed by atoms with van der Waals surface area (Å²) in [5.41, 5.74) is 5.58. The zero-order chi connectivity index (χ0) is 18.6. The average molecular weight is 358 g/mol. The summed E-state index contributed by atoms with van der Waals surface area (Å²) in [5, 5.41) is 0. The predicted octanol–water partition coefficient (Wildman–Crippen LogP) is 5.13. The van der Waals surface area contributed by atoms with Crippen molar-refractivity contribution in [3.05, 3.63) is 101 Å². The van der Waals surface area contributed by atoms with Crippen molar-refractivity contribution in [2.45, 2.75) is 25.4 Å². The highest BCUT2D eigenvalue weighted by Crippen LogP contribution is 2.38. The van der Waals surface area contributed by atoms with Crippen molar-refractivity contribution in [1.29, 1.82) is 0 Å². The highest BCUT2D eigenvalue weighted by molar-refractivity contribution is 5.90. The van der Waals surface area contributed by atoms with Crippen LogP contribution in [-0.2, 0) is 17.8 Å². The Morgan fingerprint density at radius 3 is 2.52 bits per heavy atom. The van der Waals surface area contributed by atoms with Crippen LogP contribution in [0.15, 0.2) is 72.8 Å². The molecule has 1 unspecified atom stereocenters. The minimum atomic E-state index is -0.343. The monoisotopic (exact) mass is 358 g/mol. The first-order valence-electron chi connectivity index (χ1n) is 9.23. The smallest absolute Gasteiger partial charge is 0.338 e. The van der Waals surface area contributed by atoms with Gasteiger partial charge in [0.15, 0.2) is 0 Å². The molecule has 0 spiro atoms. The zero-order valence-electron chi connectivity index (χ0n) is 15.4. The summed E-state index contributed by atoms with van der Waals surface area (Å²) in [5.74, 6) is 0.921. The molecule has 0 amide bonds. The first kappa shape index (κ1) is 17.3. The topological polar surface area (TPSA) is 35.5 Å². The maximum atomic E-state index is 11.9. The third kappa shape index (κ3) is 3.59. The molecule has 0 aliphatic heterocycles. The Bertz CT molecular complexity index is 944. The summed E-state index contributed by atoms with van der Waals surface area (Å²) in [7, 11) is 1.39. The molecule has 1 aliphatic rings. The van der Waals surface area contributed by atoms with Gasteiger partial charge in [-0.15, -0.1) is 0 Å².